The van der Waals surface area contributed by atoms with Gasteiger partial charge in [-0.2, -0.15) is 0 Å². The number of amides is 1. The van der Waals surface area contributed by atoms with Crippen molar-refractivity contribution in [2.24, 2.45) is 0 Å². The number of carbonyl (C=O) groups is 1. The predicted octanol–water partition coefficient (Wildman–Crippen LogP) is 5.10. The maximum absolute atomic E-state index is 12.7. The van der Waals surface area contributed by atoms with E-state index in [4.69, 9.17) is 11.6 Å². The number of benzene rings is 2. The number of para-hydroxylation sites is 1. The summed E-state index contributed by atoms with van der Waals surface area (Å²) in [7, 11) is 0. The molecule has 8 heteroatoms. The third-order valence-corrected chi connectivity index (χ3v) is 5.64. The first-order valence-corrected chi connectivity index (χ1v) is 10.5. The Balaban J connectivity index is 1.65. The number of thioether (sulfide) groups is 1. The Morgan fingerprint density at radius 1 is 1.00 bits per heavy atom. The van der Waals surface area contributed by atoms with Gasteiger partial charge in [-0.15, -0.1) is 10.2 Å². The SMILES string of the molecule is CC(Sc1nnc(-c2ccncc2)n1-c1ccc(Cl)cc1)C(=O)Nc1ccccc1. The quantitative estimate of drug-likeness (QED) is 0.426. The molecular formula is C22H18ClN5OS. The van der Waals surface area contributed by atoms with E-state index >= 15 is 0 Å². The molecule has 0 bridgehead atoms. The predicted molar refractivity (Wildman–Crippen MR) is 120 cm³/mol. The van der Waals surface area contributed by atoms with Gasteiger partial charge in [0.25, 0.3) is 0 Å². The lowest BCUT2D eigenvalue weighted by atomic mass is 10.2. The molecule has 30 heavy (non-hydrogen) atoms. The molecule has 0 saturated carbocycles. The molecule has 1 atom stereocenters. The highest BCUT2D eigenvalue weighted by Crippen LogP contribution is 2.30. The molecular weight excluding hydrogens is 418 g/mol. The Hall–Kier alpha value is -3.16. The third-order valence-electron chi connectivity index (χ3n) is 4.35. The number of pyridine rings is 1. The zero-order chi connectivity index (χ0) is 20.9. The molecule has 0 fully saturated rings. The summed E-state index contributed by atoms with van der Waals surface area (Å²) in [6.07, 6.45) is 3.41. The number of hydrogen-bond donors (Lipinski definition) is 1. The Labute approximate surface area is 183 Å². The average Bonchev–Trinajstić information content (AvgIpc) is 3.19. The summed E-state index contributed by atoms with van der Waals surface area (Å²) >= 11 is 7.41. The van der Waals surface area contributed by atoms with Gasteiger partial charge < -0.3 is 5.32 Å². The number of halogens is 1. The van der Waals surface area contributed by atoms with E-state index in [-0.39, 0.29) is 11.2 Å². The first kappa shape index (κ1) is 20.1. The lowest BCUT2D eigenvalue weighted by Gasteiger charge is -2.14. The van der Waals surface area contributed by atoms with Gasteiger partial charge in [0.15, 0.2) is 11.0 Å². The number of anilines is 1. The fourth-order valence-electron chi connectivity index (χ4n) is 2.83. The standard InChI is InChI=1S/C22H18ClN5OS/c1-15(21(29)25-18-5-3-2-4-6-18)30-22-27-26-20(16-11-13-24-14-12-16)28(22)19-9-7-17(23)8-10-19/h2-15H,1H3,(H,25,29). The van der Waals surface area contributed by atoms with Crippen LogP contribution in [-0.4, -0.2) is 30.9 Å². The smallest absolute Gasteiger partial charge is 0.237 e. The number of aromatic nitrogens is 4. The molecule has 0 radical (unpaired) electrons. The van der Waals surface area contributed by atoms with Crippen molar-refractivity contribution in [3.63, 3.8) is 0 Å². The van der Waals surface area contributed by atoms with E-state index in [1.165, 1.54) is 11.8 Å². The van der Waals surface area contributed by atoms with Gasteiger partial charge in [0.05, 0.1) is 5.25 Å². The summed E-state index contributed by atoms with van der Waals surface area (Å²) in [4.78, 5) is 16.7. The van der Waals surface area contributed by atoms with Crippen LogP contribution in [0.2, 0.25) is 5.02 Å². The molecule has 0 spiro atoms. The number of rotatable bonds is 6. The Morgan fingerprint density at radius 3 is 2.40 bits per heavy atom. The summed E-state index contributed by atoms with van der Waals surface area (Å²) in [6.45, 7) is 1.84. The minimum absolute atomic E-state index is 0.109. The Bertz CT molecular complexity index is 1130. The van der Waals surface area contributed by atoms with Crippen LogP contribution in [0.1, 0.15) is 6.92 Å². The van der Waals surface area contributed by atoms with E-state index in [9.17, 15) is 4.79 Å². The molecule has 2 aromatic carbocycles. The van der Waals surface area contributed by atoms with E-state index in [0.29, 0.717) is 16.0 Å². The molecule has 4 rings (SSSR count). The van der Waals surface area contributed by atoms with Crippen molar-refractivity contribution in [1.29, 1.82) is 0 Å². The summed E-state index contributed by atoms with van der Waals surface area (Å²) in [5.41, 5.74) is 2.49. The minimum atomic E-state index is -0.384. The molecule has 1 unspecified atom stereocenters. The van der Waals surface area contributed by atoms with Crippen molar-refractivity contribution in [2.45, 2.75) is 17.3 Å². The molecule has 0 aliphatic carbocycles. The summed E-state index contributed by atoms with van der Waals surface area (Å²) in [6, 6.07) is 20.5. The highest BCUT2D eigenvalue weighted by molar-refractivity contribution is 8.00. The van der Waals surface area contributed by atoms with Crippen LogP contribution in [0.15, 0.2) is 84.3 Å². The average molecular weight is 436 g/mol. The number of carbonyl (C=O) groups excluding carboxylic acids is 1. The first-order chi connectivity index (χ1) is 14.6. The van der Waals surface area contributed by atoms with Crippen LogP contribution in [-0.2, 0) is 4.79 Å². The van der Waals surface area contributed by atoms with E-state index in [2.05, 4.69) is 20.5 Å². The highest BCUT2D eigenvalue weighted by atomic mass is 35.5. The topological polar surface area (TPSA) is 72.7 Å². The second-order valence-electron chi connectivity index (χ2n) is 6.47. The summed E-state index contributed by atoms with van der Waals surface area (Å²) < 4.78 is 1.92. The molecule has 4 aromatic rings. The van der Waals surface area contributed by atoms with Gasteiger partial charge in [-0.3, -0.25) is 14.3 Å². The van der Waals surface area contributed by atoms with Crippen LogP contribution in [0.4, 0.5) is 5.69 Å². The van der Waals surface area contributed by atoms with Crippen molar-refractivity contribution in [3.05, 3.63) is 84.1 Å². The van der Waals surface area contributed by atoms with Gasteiger partial charge >= 0.3 is 0 Å². The maximum Gasteiger partial charge on any atom is 0.237 e. The summed E-state index contributed by atoms with van der Waals surface area (Å²) in [5.74, 6) is 0.556. The van der Waals surface area contributed by atoms with Gasteiger partial charge in [0.2, 0.25) is 5.91 Å². The first-order valence-electron chi connectivity index (χ1n) is 9.26. The zero-order valence-corrected chi connectivity index (χ0v) is 17.6. The highest BCUT2D eigenvalue weighted by Gasteiger charge is 2.22. The fourth-order valence-corrected chi connectivity index (χ4v) is 3.83. The second kappa shape index (κ2) is 9.11. The maximum atomic E-state index is 12.7. The number of nitrogens with zero attached hydrogens (tertiary/aromatic N) is 4. The third kappa shape index (κ3) is 4.53. The monoisotopic (exact) mass is 435 g/mol. The number of nitrogens with one attached hydrogen (secondary N) is 1. The normalized spacial score (nSPS) is 11.8. The number of hydrogen-bond acceptors (Lipinski definition) is 5. The van der Waals surface area contributed by atoms with Crippen LogP contribution in [0.3, 0.4) is 0 Å². The molecule has 2 heterocycles. The molecule has 1 N–H and O–H groups in total. The van der Waals surface area contributed by atoms with Gasteiger partial charge in [0, 0.05) is 34.4 Å². The van der Waals surface area contributed by atoms with Crippen molar-refractivity contribution < 1.29 is 4.79 Å². The minimum Gasteiger partial charge on any atom is -0.325 e. The van der Waals surface area contributed by atoms with Gasteiger partial charge in [-0.1, -0.05) is 41.6 Å². The van der Waals surface area contributed by atoms with Crippen molar-refractivity contribution in [2.75, 3.05) is 5.32 Å². The zero-order valence-electron chi connectivity index (χ0n) is 16.1. The van der Waals surface area contributed by atoms with Crippen LogP contribution in [0.5, 0.6) is 0 Å². The van der Waals surface area contributed by atoms with E-state index in [0.717, 1.165) is 16.9 Å². The molecule has 2 aromatic heterocycles. The Kier molecular flexibility index (Phi) is 6.11. The van der Waals surface area contributed by atoms with Crippen LogP contribution >= 0.6 is 23.4 Å². The molecule has 0 aliphatic heterocycles. The van der Waals surface area contributed by atoms with Crippen molar-refractivity contribution in [3.8, 4) is 17.1 Å². The molecule has 6 nitrogen and oxygen atoms in total. The summed E-state index contributed by atoms with van der Waals surface area (Å²) in [5, 5.41) is 12.5. The Morgan fingerprint density at radius 2 is 1.70 bits per heavy atom. The lowest BCUT2D eigenvalue weighted by Crippen LogP contribution is -2.22. The van der Waals surface area contributed by atoms with Gasteiger partial charge in [-0.25, -0.2) is 0 Å². The fraction of sp³-hybridized carbons (Fsp3) is 0.0909. The lowest BCUT2D eigenvalue weighted by molar-refractivity contribution is -0.115. The van der Waals surface area contributed by atoms with Gasteiger partial charge in [0.1, 0.15) is 0 Å². The van der Waals surface area contributed by atoms with Gasteiger partial charge in [-0.05, 0) is 55.5 Å². The largest absolute Gasteiger partial charge is 0.325 e. The van der Waals surface area contributed by atoms with Crippen LogP contribution in [0.25, 0.3) is 17.1 Å². The van der Waals surface area contributed by atoms with Crippen molar-refractivity contribution >= 4 is 35.0 Å². The van der Waals surface area contributed by atoms with E-state index < -0.39 is 0 Å². The molecule has 150 valence electrons. The molecule has 0 aliphatic rings. The van der Waals surface area contributed by atoms with Crippen molar-refractivity contribution in [1.82, 2.24) is 19.7 Å². The molecule has 0 saturated heterocycles. The van der Waals surface area contributed by atoms with E-state index in [1.54, 1.807) is 12.4 Å². The molecule has 1 amide bonds. The van der Waals surface area contributed by atoms with Crippen LogP contribution in [0, 0.1) is 0 Å². The van der Waals surface area contributed by atoms with Crippen LogP contribution < -0.4 is 5.32 Å². The van der Waals surface area contributed by atoms with E-state index in [1.807, 2.05) is 78.2 Å². The second-order valence-corrected chi connectivity index (χ2v) is 8.21.